The predicted molar refractivity (Wildman–Crippen MR) is 173 cm³/mol. The van der Waals surface area contributed by atoms with Gasteiger partial charge < -0.3 is 58.0 Å². The summed E-state index contributed by atoms with van der Waals surface area (Å²) >= 11 is 0. The van der Waals surface area contributed by atoms with Crippen LogP contribution in [0.25, 0.3) is 0 Å². The van der Waals surface area contributed by atoms with Gasteiger partial charge in [0.15, 0.2) is 18.4 Å². The summed E-state index contributed by atoms with van der Waals surface area (Å²) in [4.78, 5) is 26.5. The lowest BCUT2D eigenvalue weighted by atomic mass is 9.82. The first-order valence-corrected chi connectivity index (χ1v) is 17.1. The van der Waals surface area contributed by atoms with Gasteiger partial charge in [0.2, 0.25) is 0 Å². The molecular formula is C35H56O14. The van der Waals surface area contributed by atoms with Gasteiger partial charge in [0.1, 0.15) is 42.2 Å². The van der Waals surface area contributed by atoms with Crippen molar-refractivity contribution >= 4 is 11.8 Å². The summed E-state index contributed by atoms with van der Waals surface area (Å²) in [6.07, 6.45) is -2.67. The number of methoxy groups -OCH3 is 3. The van der Waals surface area contributed by atoms with E-state index in [0.717, 1.165) is 0 Å². The topological polar surface area (TPSA) is 181 Å². The fourth-order valence-electron chi connectivity index (χ4n) is 7.12. The monoisotopic (exact) mass is 700 g/mol. The molecule has 0 aromatic heterocycles. The number of ketones is 1. The first-order chi connectivity index (χ1) is 23.1. The van der Waals surface area contributed by atoms with Crippen LogP contribution in [0.15, 0.2) is 24.3 Å². The molecule has 4 rings (SSSR count). The normalized spacial score (nSPS) is 47.0. The number of aliphatic hydroxyl groups excluding tert-OH is 2. The molecule has 3 fully saturated rings. The minimum Gasteiger partial charge on any atom is -0.459 e. The van der Waals surface area contributed by atoms with Gasteiger partial charge in [-0.3, -0.25) is 4.79 Å². The molecule has 4 heterocycles. The molecule has 3 N–H and O–H groups in total. The van der Waals surface area contributed by atoms with Crippen molar-refractivity contribution in [1.82, 2.24) is 0 Å². The number of cyclic esters (lactones) is 1. The summed E-state index contributed by atoms with van der Waals surface area (Å²) in [5.74, 6) is -2.45. The third kappa shape index (κ3) is 9.74. The number of carbonyl (C=O) groups is 2. The fourth-order valence-corrected chi connectivity index (χ4v) is 7.12. The van der Waals surface area contributed by atoms with Crippen molar-refractivity contribution in [2.45, 2.75) is 140 Å². The molecule has 4 aliphatic rings. The van der Waals surface area contributed by atoms with Gasteiger partial charge in [-0.05, 0) is 52.2 Å². The van der Waals surface area contributed by atoms with E-state index in [1.807, 2.05) is 20.8 Å². The Morgan fingerprint density at radius 1 is 0.837 bits per heavy atom. The van der Waals surface area contributed by atoms with Gasteiger partial charge in [-0.25, -0.2) is 4.79 Å². The second-order valence-corrected chi connectivity index (χ2v) is 14.1. The van der Waals surface area contributed by atoms with Gasteiger partial charge in [0, 0.05) is 45.7 Å². The van der Waals surface area contributed by atoms with E-state index in [1.54, 1.807) is 26.0 Å². The van der Waals surface area contributed by atoms with Crippen LogP contribution in [-0.4, -0.2) is 140 Å². The number of hydrogen-bond acceptors (Lipinski definition) is 14. The number of epoxide rings is 1. The Labute approximate surface area is 288 Å². The van der Waals surface area contributed by atoms with E-state index in [4.69, 9.17) is 42.6 Å². The van der Waals surface area contributed by atoms with Crippen molar-refractivity contribution in [1.29, 1.82) is 0 Å². The predicted octanol–water partition coefficient (Wildman–Crippen LogP) is 1.46. The number of esters is 1. The quantitative estimate of drug-likeness (QED) is 0.245. The SMILES string of the molecule is CO[C@@H]1[C@H](O)[C@@H](C)O[C@@H](OC[C@H]2[C@@H]3O[C@H]3C=CC(=O)[C@@](C)(O)C[C@H](C)[C@@H](O[C@@H]3O[C@H](C)C[C@H](OC)[C@H]3O)[C@@H](C)C=CC(=O)O[C@@H]2C)[C@@H]1OC. The number of fused-ring (bicyclic) bond motifs is 1. The third-order valence-corrected chi connectivity index (χ3v) is 10.1. The Morgan fingerprint density at radius 2 is 1.53 bits per heavy atom. The number of ether oxygens (including phenoxy) is 9. The fraction of sp³-hybridized carbons (Fsp3) is 0.829. The molecule has 3 saturated heterocycles. The molecule has 0 aromatic carbocycles. The number of rotatable bonds is 8. The third-order valence-electron chi connectivity index (χ3n) is 10.1. The van der Waals surface area contributed by atoms with Crippen molar-refractivity contribution in [3.8, 4) is 0 Å². The van der Waals surface area contributed by atoms with E-state index in [-0.39, 0.29) is 19.1 Å². The maximum absolute atomic E-state index is 13.3. The van der Waals surface area contributed by atoms with Crippen LogP contribution < -0.4 is 0 Å². The minimum atomic E-state index is -1.75. The molecule has 4 aliphatic heterocycles. The molecule has 14 heteroatoms. The van der Waals surface area contributed by atoms with E-state index in [1.165, 1.54) is 40.4 Å². The Hall–Kier alpha value is -1.82. The zero-order valence-corrected chi connectivity index (χ0v) is 30.0. The first-order valence-electron chi connectivity index (χ1n) is 17.1. The van der Waals surface area contributed by atoms with Crippen LogP contribution in [0.5, 0.6) is 0 Å². The average molecular weight is 701 g/mol. The van der Waals surface area contributed by atoms with E-state index in [0.29, 0.717) is 6.42 Å². The van der Waals surface area contributed by atoms with Gasteiger partial charge in [-0.15, -0.1) is 0 Å². The summed E-state index contributed by atoms with van der Waals surface area (Å²) in [5.41, 5.74) is -1.75. The molecule has 0 aliphatic carbocycles. The van der Waals surface area contributed by atoms with Gasteiger partial charge in [0.25, 0.3) is 0 Å². The van der Waals surface area contributed by atoms with Crippen LogP contribution in [0.1, 0.15) is 54.4 Å². The van der Waals surface area contributed by atoms with E-state index in [9.17, 15) is 24.9 Å². The maximum atomic E-state index is 13.3. The molecule has 0 saturated carbocycles. The van der Waals surface area contributed by atoms with Crippen LogP contribution >= 0.6 is 0 Å². The largest absolute Gasteiger partial charge is 0.459 e. The molecule has 14 nitrogen and oxygen atoms in total. The smallest absolute Gasteiger partial charge is 0.330 e. The standard InChI is InChI=1S/C35H56O14/c1-17-10-13-26(37)46-20(4)22(16-44-34-32(43-9)31(42-8)27(38)21(5)47-34)30-23(48-30)11-12-25(36)35(6,40)15-18(2)29(17)49-33-28(39)24(41-7)14-19(3)45-33/h10-13,17-24,27-34,38-40H,14-16H2,1-9H3/t17-,18-,19+,20+,21+,22+,23-,24-,27+,28+,29-,30-,31+,32+,33-,34+,35-/m0/s1. The highest BCUT2D eigenvalue weighted by Crippen LogP contribution is 2.37. The Morgan fingerprint density at radius 3 is 2.18 bits per heavy atom. The summed E-state index contributed by atoms with van der Waals surface area (Å²) in [7, 11) is 4.46. The van der Waals surface area contributed by atoms with Crippen LogP contribution in [0.3, 0.4) is 0 Å². The van der Waals surface area contributed by atoms with Crippen molar-refractivity contribution in [3.05, 3.63) is 24.3 Å². The minimum absolute atomic E-state index is 0.0234. The van der Waals surface area contributed by atoms with Crippen LogP contribution in [0, 0.1) is 17.8 Å². The Kier molecular flexibility index (Phi) is 14.0. The van der Waals surface area contributed by atoms with Crippen molar-refractivity contribution < 1.29 is 67.5 Å². The molecule has 280 valence electrons. The average Bonchev–Trinajstić information content (AvgIpc) is 3.82. The zero-order chi connectivity index (χ0) is 36.2. The van der Waals surface area contributed by atoms with E-state index < -0.39 is 109 Å². The van der Waals surface area contributed by atoms with Crippen LogP contribution in [-0.2, 0) is 52.2 Å². The second-order valence-electron chi connectivity index (χ2n) is 14.1. The molecule has 0 spiro atoms. The summed E-state index contributed by atoms with van der Waals surface area (Å²) in [6.45, 7) is 10.4. The summed E-state index contributed by atoms with van der Waals surface area (Å²) in [6, 6.07) is 0. The molecular weight excluding hydrogens is 644 g/mol. The van der Waals surface area contributed by atoms with Gasteiger partial charge in [-0.2, -0.15) is 0 Å². The number of hydrogen-bond donors (Lipinski definition) is 3. The lowest BCUT2D eigenvalue weighted by molar-refractivity contribution is -0.305. The molecule has 0 radical (unpaired) electrons. The lowest BCUT2D eigenvalue weighted by Gasteiger charge is -2.42. The Bertz CT molecular complexity index is 1160. The molecule has 0 bridgehead atoms. The highest BCUT2D eigenvalue weighted by Gasteiger charge is 2.50. The molecule has 17 atom stereocenters. The van der Waals surface area contributed by atoms with Crippen molar-refractivity contribution in [3.63, 3.8) is 0 Å². The lowest BCUT2D eigenvalue weighted by Crippen LogP contribution is -2.59. The number of aliphatic hydroxyl groups is 3. The van der Waals surface area contributed by atoms with Crippen molar-refractivity contribution in [2.24, 2.45) is 17.8 Å². The zero-order valence-electron chi connectivity index (χ0n) is 30.0. The molecule has 49 heavy (non-hydrogen) atoms. The first kappa shape index (κ1) is 40.0. The maximum Gasteiger partial charge on any atom is 0.330 e. The summed E-state index contributed by atoms with van der Waals surface area (Å²) < 4.78 is 52.6. The highest BCUT2D eigenvalue weighted by molar-refractivity contribution is 5.96. The highest BCUT2D eigenvalue weighted by atomic mass is 16.7. The molecule has 0 unspecified atom stereocenters. The van der Waals surface area contributed by atoms with Gasteiger partial charge in [0.05, 0.1) is 37.1 Å². The van der Waals surface area contributed by atoms with E-state index >= 15 is 0 Å². The molecule has 0 aromatic rings. The second kappa shape index (κ2) is 17.1. The number of carbonyl (C=O) groups excluding carboxylic acids is 2. The van der Waals surface area contributed by atoms with Gasteiger partial charge in [-0.1, -0.05) is 19.9 Å². The van der Waals surface area contributed by atoms with E-state index in [2.05, 4.69) is 0 Å². The summed E-state index contributed by atoms with van der Waals surface area (Å²) in [5, 5.41) is 32.8. The Balaban J connectivity index is 1.56. The van der Waals surface area contributed by atoms with Crippen LogP contribution in [0.2, 0.25) is 0 Å². The van der Waals surface area contributed by atoms with Crippen LogP contribution in [0.4, 0.5) is 0 Å². The van der Waals surface area contributed by atoms with Crippen molar-refractivity contribution in [2.75, 3.05) is 27.9 Å². The van der Waals surface area contributed by atoms with Gasteiger partial charge >= 0.3 is 5.97 Å². The molecule has 0 amide bonds.